The molecular formula is C18H20ClN4O4+. The van der Waals surface area contributed by atoms with Crippen LogP contribution in [0.3, 0.4) is 0 Å². The summed E-state index contributed by atoms with van der Waals surface area (Å²) in [6.07, 6.45) is 0. The maximum atomic E-state index is 12.2. The molecule has 27 heavy (non-hydrogen) atoms. The largest absolute Gasteiger partial charge is 0.355 e. The van der Waals surface area contributed by atoms with Crippen LogP contribution >= 0.6 is 11.6 Å². The molecule has 0 fully saturated rings. The van der Waals surface area contributed by atoms with E-state index in [9.17, 15) is 19.7 Å². The van der Waals surface area contributed by atoms with Gasteiger partial charge in [0.15, 0.2) is 6.54 Å². The lowest BCUT2D eigenvalue weighted by Gasteiger charge is -2.14. The quantitative estimate of drug-likeness (QED) is 0.488. The van der Waals surface area contributed by atoms with Crippen LogP contribution in [0.2, 0.25) is 5.02 Å². The number of nitro groups is 1. The van der Waals surface area contributed by atoms with Crippen molar-refractivity contribution < 1.29 is 19.4 Å². The average molecular weight is 392 g/mol. The number of likely N-dealkylation sites (N-methyl/N-ethyl adjacent to an activating group) is 1. The summed E-state index contributed by atoms with van der Waals surface area (Å²) in [5.74, 6) is -0.524. The van der Waals surface area contributed by atoms with Crippen molar-refractivity contribution in [3.8, 4) is 0 Å². The minimum Gasteiger partial charge on any atom is -0.355 e. The molecule has 3 N–H and O–H groups in total. The first kappa shape index (κ1) is 20.3. The fourth-order valence-corrected chi connectivity index (χ4v) is 2.74. The summed E-state index contributed by atoms with van der Waals surface area (Å²) in [6.45, 7) is 0.667. The highest BCUT2D eigenvalue weighted by Crippen LogP contribution is 2.27. The zero-order valence-corrected chi connectivity index (χ0v) is 15.7. The van der Waals surface area contributed by atoms with Crippen molar-refractivity contribution in [2.75, 3.05) is 26.0 Å². The summed E-state index contributed by atoms with van der Waals surface area (Å²) >= 11 is 5.86. The maximum Gasteiger partial charge on any atom is 0.292 e. The third-order valence-corrected chi connectivity index (χ3v) is 4.08. The number of carbonyl (C=O) groups is 2. The number of rotatable bonds is 7. The highest BCUT2D eigenvalue weighted by molar-refractivity contribution is 6.31. The Morgan fingerprint density at radius 2 is 1.85 bits per heavy atom. The zero-order chi connectivity index (χ0) is 20.0. The van der Waals surface area contributed by atoms with Gasteiger partial charge in [-0.25, -0.2) is 0 Å². The highest BCUT2D eigenvalue weighted by Gasteiger charge is 2.18. The van der Waals surface area contributed by atoms with E-state index < -0.39 is 4.92 Å². The monoisotopic (exact) mass is 391 g/mol. The van der Waals surface area contributed by atoms with Crippen LogP contribution in [0, 0.1) is 10.1 Å². The fourth-order valence-electron chi connectivity index (χ4n) is 2.57. The van der Waals surface area contributed by atoms with Crippen molar-refractivity contribution in [3.63, 3.8) is 0 Å². The molecule has 0 radical (unpaired) electrons. The van der Waals surface area contributed by atoms with Crippen LogP contribution in [0.4, 0.5) is 11.4 Å². The molecule has 2 aromatic carbocycles. The predicted octanol–water partition coefficient (Wildman–Crippen LogP) is 1.26. The van der Waals surface area contributed by atoms with Gasteiger partial charge in [0.05, 0.1) is 12.0 Å². The van der Waals surface area contributed by atoms with Gasteiger partial charge in [-0.1, -0.05) is 23.7 Å². The second-order valence-electron chi connectivity index (χ2n) is 6.05. The fraction of sp³-hybridized carbons (Fsp3) is 0.222. The van der Waals surface area contributed by atoms with E-state index in [-0.39, 0.29) is 29.7 Å². The molecular weight excluding hydrogens is 372 g/mol. The summed E-state index contributed by atoms with van der Waals surface area (Å²) in [5, 5.41) is 16.4. The normalized spacial score (nSPS) is 11.5. The van der Waals surface area contributed by atoms with Crippen molar-refractivity contribution in [3.05, 3.63) is 68.7 Å². The minimum absolute atomic E-state index is 0.0697. The van der Waals surface area contributed by atoms with Gasteiger partial charge in [0.25, 0.3) is 17.5 Å². The third-order valence-electron chi connectivity index (χ3n) is 3.84. The van der Waals surface area contributed by atoms with Gasteiger partial charge in [-0.05, 0) is 24.3 Å². The zero-order valence-electron chi connectivity index (χ0n) is 14.9. The second kappa shape index (κ2) is 9.11. The van der Waals surface area contributed by atoms with Crippen LogP contribution in [0.1, 0.15) is 15.9 Å². The van der Waals surface area contributed by atoms with E-state index in [0.29, 0.717) is 17.1 Å². The second-order valence-corrected chi connectivity index (χ2v) is 6.49. The van der Waals surface area contributed by atoms with Gasteiger partial charge in [-0.3, -0.25) is 19.7 Å². The molecule has 2 amide bonds. The lowest BCUT2D eigenvalue weighted by molar-refractivity contribution is -0.885. The summed E-state index contributed by atoms with van der Waals surface area (Å²) in [7, 11) is 3.40. The van der Waals surface area contributed by atoms with Crippen molar-refractivity contribution >= 4 is 34.8 Å². The van der Waals surface area contributed by atoms with E-state index in [1.54, 1.807) is 19.2 Å². The lowest BCUT2D eigenvalue weighted by atomic mass is 10.1. The summed E-state index contributed by atoms with van der Waals surface area (Å²) in [6, 6.07) is 11.1. The van der Waals surface area contributed by atoms with Gasteiger partial charge < -0.3 is 15.5 Å². The SMILES string of the molecule is CNC(=O)c1ccc(C[NH+](C)CC(=O)Nc2cc(Cl)ccc2[N+](=O)[O-])cc1. The Kier molecular flexibility index (Phi) is 6.86. The first-order valence-electron chi connectivity index (χ1n) is 8.16. The molecule has 0 saturated heterocycles. The third kappa shape index (κ3) is 5.77. The van der Waals surface area contributed by atoms with E-state index >= 15 is 0 Å². The van der Waals surface area contributed by atoms with Crippen molar-refractivity contribution in [2.45, 2.75) is 6.54 Å². The Hall–Kier alpha value is -2.97. The van der Waals surface area contributed by atoms with Gasteiger partial charge in [-0.2, -0.15) is 0 Å². The molecule has 142 valence electrons. The molecule has 0 aliphatic heterocycles. The molecule has 8 nitrogen and oxygen atoms in total. The molecule has 2 rings (SSSR count). The van der Waals surface area contributed by atoms with Crippen molar-refractivity contribution in [2.24, 2.45) is 0 Å². The number of hydrogen-bond donors (Lipinski definition) is 3. The molecule has 0 aliphatic carbocycles. The Balaban J connectivity index is 1.97. The smallest absolute Gasteiger partial charge is 0.292 e. The number of quaternary nitrogens is 1. The van der Waals surface area contributed by atoms with E-state index in [1.807, 2.05) is 19.2 Å². The molecule has 0 spiro atoms. The molecule has 0 aliphatic rings. The number of benzene rings is 2. The van der Waals surface area contributed by atoms with Crippen LogP contribution in [0.25, 0.3) is 0 Å². The Bertz CT molecular complexity index is 855. The summed E-state index contributed by atoms with van der Waals surface area (Å²) in [5.41, 5.74) is 1.38. The number of nitro benzene ring substituents is 1. The standard InChI is InChI=1S/C18H19ClN4O4/c1-20-18(25)13-5-3-12(4-6-13)10-22(2)11-17(24)21-15-9-14(19)7-8-16(15)23(26)27/h3-9H,10-11H2,1-2H3,(H,20,25)(H,21,24)/p+1. The molecule has 0 aromatic heterocycles. The summed E-state index contributed by atoms with van der Waals surface area (Å²) in [4.78, 5) is 35.1. The molecule has 0 saturated carbocycles. The highest BCUT2D eigenvalue weighted by atomic mass is 35.5. The lowest BCUT2D eigenvalue weighted by Crippen LogP contribution is -3.08. The summed E-state index contributed by atoms with van der Waals surface area (Å²) < 4.78 is 0. The van der Waals surface area contributed by atoms with E-state index in [4.69, 9.17) is 11.6 Å². The van der Waals surface area contributed by atoms with Crippen LogP contribution < -0.4 is 15.5 Å². The molecule has 1 unspecified atom stereocenters. The first-order chi connectivity index (χ1) is 12.8. The molecule has 0 heterocycles. The van der Waals surface area contributed by atoms with Crippen LogP contribution in [-0.4, -0.2) is 37.4 Å². The molecule has 9 heteroatoms. The maximum absolute atomic E-state index is 12.2. The van der Waals surface area contributed by atoms with Crippen LogP contribution in [0.15, 0.2) is 42.5 Å². The Morgan fingerprint density at radius 1 is 1.19 bits per heavy atom. The number of amides is 2. The Labute approximate surface area is 161 Å². The van der Waals surface area contributed by atoms with Gasteiger partial charge in [0.2, 0.25) is 0 Å². The average Bonchev–Trinajstić information content (AvgIpc) is 2.61. The molecule has 0 bridgehead atoms. The number of halogens is 1. The number of nitrogens with one attached hydrogen (secondary N) is 3. The van der Waals surface area contributed by atoms with Crippen molar-refractivity contribution in [1.29, 1.82) is 0 Å². The van der Waals surface area contributed by atoms with Gasteiger partial charge in [-0.15, -0.1) is 0 Å². The Morgan fingerprint density at radius 3 is 2.44 bits per heavy atom. The van der Waals surface area contributed by atoms with Crippen LogP contribution in [-0.2, 0) is 11.3 Å². The van der Waals surface area contributed by atoms with E-state index in [1.165, 1.54) is 18.2 Å². The van der Waals surface area contributed by atoms with Crippen molar-refractivity contribution in [1.82, 2.24) is 5.32 Å². The predicted molar refractivity (Wildman–Crippen MR) is 102 cm³/mol. The van der Waals surface area contributed by atoms with Gasteiger partial charge in [0.1, 0.15) is 12.2 Å². The minimum atomic E-state index is -0.573. The number of nitrogens with zero attached hydrogens (tertiary/aromatic N) is 1. The number of hydrogen-bond acceptors (Lipinski definition) is 4. The van der Waals surface area contributed by atoms with E-state index in [2.05, 4.69) is 10.6 Å². The molecule has 2 aromatic rings. The van der Waals surface area contributed by atoms with Gasteiger partial charge >= 0.3 is 0 Å². The first-order valence-corrected chi connectivity index (χ1v) is 8.54. The van der Waals surface area contributed by atoms with E-state index in [0.717, 1.165) is 10.5 Å². The van der Waals surface area contributed by atoms with Crippen LogP contribution in [0.5, 0.6) is 0 Å². The topological polar surface area (TPSA) is 106 Å². The number of carbonyl (C=O) groups excluding carboxylic acids is 2. The molecule has 1 atom stereocenters. The number of anilines is 1. The van der Waals surface area contributed by atoms with Gasteiger partial charge in [0, 0.05) is 29.3 Å².